The zero-order valence-electron chi connectivity index (χ0n) is 7.44. The summed E-state index contributed by atoms with van der Waals surface area (Å²) in [7, 11) is 0. The standard InChI is InChI=1S/C9H15OSe/c1-8(2)4-7(10)5-9(3,11)6-8/h4-6H2,1-3H3. The van der Waals surface area contributed by atoms with E-state index < -0.39 is 0 Å². The Balaban J connectivity index is 2.74. The SMILES string of the molecule is CC1(C)CC(=O)CC(C)([Se])C1. The quantitative estimate of drug-likeness (QED) is 0.569. The van der Waals surface area contributed by atoms with Gasteiger partial charge in [-0.1, -0.05) is 0 Å². The fourth-order valence-electron chi connectivity index (χ4n) is 2.15. The molecule has 1 nitrogen and oxygen atoms in total. The van der Waals surface area contributed by atoms with Gasteiger partial charge in [0.2, 0.25) is 0 Å². The molecule has 0 amide bonds. The van der Waals surface area contributed by atoms with Crippen LogP contribution in [0.5, 0.6) is 0 Å². The van der Waals surface area contributed by atoms with Crippen LogP contribution in [-0.2, 0) is 4.79 Å². The van der Waals surface area contributed by atoms with Crippen LogP contribution >= 0.6 is 0 Å². The molecule has 11 heavy (non-hydrogen) atoms. The number of Topliss-reactive ketones (excluding diaryl/α,β-unsaturated/α-hetero) is 1. The summed E-state index contributed by atoms with van der Waals surface area (Å²) >= 11 is 3.12. The predicted molar refractivity (Wildman–Crippen MR) is 46.8 cm³/mol. The molecule has 0 saturated heterocycles. The Bertz CT molecular complexity index is 164. The fraction of sp³-hybridized carbons (Fsp3) is 0.889. The van der Waals surface area contributed by atoms with Gasteiger partial charge in [-0.3, -0.25) is 0 Å². The minimum atomic E-state index is 0.110. The molecular weight excluding hydrogens is 203 g/mol. The monoisotopic (exact) mass is 219 g/mol. The summed E-state index contributed by atoms with van der Waals surface area (Å²) in [6.07, 6.45) is 2.59. The average molecular weight is 218 g/mol. The molecule has 1 rings (SSSR count). The first-order valence-electron chi connectivity index (χ1n) is 4.03. The van der Waals surface area contributed by atoms with Gasteiger partial charge in [-0.25, -0.2) is 0 Å². The number of carbonyl (C=O) groups is 1. The van der Waals surface area contributed by atoms with E-state index in [9.17, 15) is 4.79 Å². The number of rotatable bonds is 0. The van der Waals surface area contributed by atoms with Gasteiger partial charge in [0.1, 0.15) is 0 Å². The van der Waals surface area contributed by atoms with Crippen LogP contribution in [0.4, 0.5) is 0 Å². The molecule has 0 heterocycles. The molecule has 1 aliphatic carbocycles. The van der Waals surface area contributed by atoms with Crippen LogP contribution in [0.25, 0.3) is 0 Å². The van der Waals surface area contributed by atoms with Crippen LogP contribution in [0.3, 0.4) is 0 Å². The number of ketones is 1. The zero-order chi connectivity index (χ0) is 8.70. The fourth-order valence-corrected chi connectivity index (χ4v) is 3.31. The average Bonchev–Trinajstić information content (AvgIpc) is 1.49. The van der Waals surface area contributed by atoms with E-state index in [1.165, 1.54) is 0 Å². The first kappa shape index (κ1) is 9.28. The summed E-state index contributed by atoms with van der Waals surface area (Å²) in [6.45, 7) is 6.46. The van der Waals surface area contributed by atoms with Crippen LogP contribution in [0.2, 0.25) is 4.31 Å². The van der Waals surface area contributed by atoms with Crippen LogP contribution in [0.15, 0.2) is 0 Å². The van der Waals surface area contributed by atoms with Gasteiger partial charge in [0.25, 0.3) is 0 Å². The van der Waals surface area contributed by atoms with Gasteiger partial charge < -0.3 is 0 Å². The second-order valence-corrected chi connectivity index (χ2v) is 6.75. The zero-order valence-corrected chi connectivity index (χ0v) is 9.15. The van der Waals surface area contributed by atoms with E-state index in [1.54, 1.807) is 0 Å². The number of carbonyl (C=O) groups excluding carboxylic acids is 1. The molecule has 63 valence electrons. The molecule has 0 aliphatic heterocycles. The Morgan fingerprint density at radius 2 is 1.82 bits per heavy atom. The van der Waals surface area contributed by atoms with Crippen molar-refractivity contribution in [2.75, 3.05) is 0 Å². The molecule has 0 aromatic carbocycles. The van der Waals surface area contributed by atoms with E-state index in [4.69, 9.17) is 0 Å². The molecule has 2 heteroatoms. The van der Waals surface area contributed by atoms with E-state index in [-0.39, 0.29) is 9.73 Å². The van der Waals surface area contributed by atoms with Gasteiger partial charge in [-0.05, 0) is 0 Å². The van der Waals surface area contributed by atoms with Crippen LogP contribution in [0.1, 0.15) is 40.0 Å². The Hall–Kier alpha value is 0.189. The molecular formula is C9H15OSe. The summed E-state index contributed by atoms with van der Waals surface area (Å²) in [5, 5.41) is 0. The van der Waals surface area contributed by atoms with Gasteiger partial charge in [0.05, 0.1) is 0 Å². The summed E-state index contributed by atoms with van der Waals surface area (Å²) < 4.78 is 0.110. The molecule has 0 spiro atoms. The van der Waals surface area contributed by atoms with E-state index in [2.05, 4.69) is 36.8 Å². The summed E-state index contributed by atoms with van der Waals surface area (Å²) in [5.74, 6) is 0.405. The van der Waals surface area contributed by atoms with Gasteiger partial charge in [0, 0.05) is 0 Å². The summed E-state index contributed by atoms with van der Waals surface area (Å²) in [5.41, 5.74) is 0.204. The van der Waals surface area contributed by atoms with Crippen molar-refractivity contribution >= 4 is 21.8 Å². The van der Waals surface area contributed by atoms with Crippen molar-refractivity contribution in [1.82, 2.24) is 0 Å². The van der Waals surface area contributed by atoms with Crippen molar-refractivity contribution in [3.05, 3.63) is 0 Å². The first-order valence-corrected chi connectivity index (χ1v) is 4.89. The Kier molecular flexibility index (Phi) is 2.19. The molecule has 1 atom stereocenters. The van der Waals surface area contributed by atoms with E-state index in [0.717, 1.165) is 19.3 Å². The van der Waals surface area contributed by atoms with Crippen molar-refractivity contribution in [2.45, 2.75) is 44.3 Å². The molecule has 0 N–H and O–H groups in total. The van der Waals surface area contributed by atoms with Crippen molar-refractivity contribution in [3.63, 3.8) is 0 Å². The normalized spacial score (nSPS) is 37.3. The number of hydrogen-bond donors (Lipinski definition) is 0. The van der Waals surface area contributed by atoms with Crippen LogP contribution in [0, 0.1) is 5.41 Å². The molecule has 1 saturated carbocycles. The molecule has 1 radical (unpaired) electrons. The van der Waals surface area contributed by atoms with E-state index in [1.807, 2.05) is 0 Å². The topological polar surface area (TPSA) is 17.1 Å². The number of hydrogen-bond acceptors (Lipinski definition) is 1. The molecule has 1 fully saturated rings. The van der Waals surface area contributed by atoms with Gasteiger partial charge >= 0.3 is 76.4 Å². The van der Waals surface area contributed by atoms with Gasteiger partial charge in [-0.2, -0.15) is 0 Å². The van der Waals surface area contributed by atoms with Crippen molar-refractivity contribution < 1.29 is 4.79 Å². The third-order valence-electron chi connectivity index (χ3n) is 2.10. The third kappa shape index (κ3) is 2.61. The first-order chi connectivity index (χ1) is 4.81. The summed E-state index contributed by atoms with van der Waals surface area (Å²) in [6, 6.07) is 0. The second-order valence-electron chi connectivity index (χ2n) is 4.68. The summed E-state index contributed by atoms with van der Waals surface area (Å²) in [4.78, 5) is 11.3. The van der Waals surface area contributed by atoms with Crippen molar-refractivity contribution in [3.8, 4) is 0 Å². The van der Waals surface area contributed by atoms with E-state index in [0.29, 0.717) is 5.78 Å². The second kappa shape index (κ2) is 2.60. The molecule has 1 aliphatic rings. The third-order valence-corrected chi connectivity index (χ3v) is 2.70. The maximum atomic E-state index is 11.3. The Morgan fingerprint density at radius 3 is 2.18 bits per heavy atom. The van der Waals surface area contributed by atoms with E-state index >= 15 is 0 Å². The predicted octanol–water partition coefficient (Wildman–Crippen LogP) is 2.11. The molecule has 0 bridgehead atoms. The molecule has 0 aromatic heterocycles. The minimum absolute atomic E-state index is 0.110. The van der Waals surface area contributed by atoms with Crippen molar-refractivity contribution in [1.29, 1.82) is 0 Å². The Labute approximate surface area is 76.7 Å². The van der Waals surface area contributed by atoms with Crippen LogP contribution < -0.4 is 0 Å². The molecule has 1 unspecified atom stereocenters. The maximum absolute atomic E-state index is 11.3. The molecule has 0 aromatic rings. The van der Waals surface area contributed by atoms with Gasteiger partial charge in [0.15, 0.2) is 0 Å². The van der Waals surface area contributed by atoms with Crippen LogP contribution in [-0.4, -0.2) is 21.8 Å². The Morgan fingerprint density at radius 1 is 1.27 bits per heavy atom. The van der Waals surface area contributed by atoms with Gasteiger partial charge in [-0.15, -0.1) is 0 Å². The van der Waals surface area contributed by atoms with Crippen molar-refractivity contribution in [2.24, 2.45) is 5.41 Å².